The van der Waals surface area contributed by atoms with Gasteiger partial charge >= 0.3 is 12.0 Å². The van der Waals surface area contributed by atoms with Crippen LogP contribution in [0.3, 0.4) is 0 Å². The predicted molar refractivity (Wildman–Crippen MR) is 161 cm³/mol. The highest BCUT2D eigenvalue weighted by Crippen LogP contribution is 2.49. The number of amides is 2. The predicted octanol–water partition coefficient (Wildman–Crippen LogP) is 7.37. The fourth-order valence-electron chi connectivity index (χ4n) is 5.09. The van der Waals surface area contributed by atoms with E-state index in [-0.39, 0.29) is 17.9 Å². The molecule has 7 heteroatoms. The van der Waals surface area contributed by atoms with E-state index < -0.39 is 5.97 Å². The van der Waals surface area contributed by atoms with Crippen molar-refractivity contribution in [3.63, 3.8) is 0 Å². The first-order valence-corrected chi connectivity index (χ1v) is 13.9. The summed E-state index contributed by atoms with van der Waals surface area (Å²) in [5, 5.41) is 24.3. The fraction of sp³-hybridized carbons (Fsp3) is 0.364. The van der Waals surface area contributed by atoms with Crippen LogP contribution in [0.2, 0.25) is 0 Å². The number of nitrogens with zero attached hydrogens (tertiary/aromatic N) is 2. The second-order valence-corrected chi connectivity index (χ2v) is 11.4. The van der Waals surface area contributed by atoms with Gasteiger partial charge in [0.05, 0.1) is 29.8 Å². The van der Waals surface area contributed by atoms with Gasteiger partial charge in [0.15, 0.2) is 0 Å². The molecule has 2 atom stereocenters. The zero-order chi connectivity index (χ0) is 28.8. The number of carboxylic acids is 1. The molecule has 3 aromatic carbocycles. The molecule has 1 saturated carbocycles. The number of carbonyl (C=O) groups excluding carboxylic acids is 1. The summed E-state index contributed by atoms with van der Waals surface area (Å²) in [7, 11) is 0. The molecule has 0 radical (unpaired) electrons. The third kappa shape index (κ3) is 7.41. The SMILES string of the molecule is CC(C)CN(CC(C)C)c1ccc([C@H]2C[C@H]2C(=O)O)cc1NC(=O)Nc1ccc(-c2ccc(CC#N)cc2)cc1. The van der Waals surface area contributed by atoms with Crippen molar-refractivity contribution >= 4 is 29.1 Å². The highest BCUT2D eigenvalue weighted by Gasteiger charge is 2.44. The molecular weight excluding hydrogens is 500 g/mol. The van der Waals surface area contributed by atoms with E-state index in [1.165, 1.54) is 0 Å². The van der Waals surface area contributed by atoms with Crippen LogP contribution in [-0.2, 0) is 11.2 Å². The quantitative estimate of drug-likeness (QED) is 0.236. The molecule has 1 fully saturated rings. The normalized spacial score (nSPS) is 15.9. The Labute approximate surface area is 236 Å². The summed E-state index contributed by atoms with van der Waals surface area (Å²) < 4.78 is 0. The van der Waals surface area contributed by atoms with E-state index in [9.17, 15) is 14.7 Å². The zero-order valence-electron chi connectivity index (χ0n) is 23.6. The average Bonchev–Trinajstić information content (AvgIpc) is 3.70. The third-order valence-electron chi connectivity index (χ3n) is 7.03. The number of benzene rings is 3. The summed E-state index contributed by atoms with van der Waals surface area (Å²) in [6.45, 7) is 10.4. The van der Waals surface area contributed by atoms with E-state index in [1.54, 1.807) is 0 Å². The standard InChI is InChI=1S/C33H38N4O3/c1-21(2)19-37(20-22(3)4)31-14-11-26(28-18-29(28)32(38)39)17-30(31)36-33(40)35-27-12-9-25(10-13-27)24-7-5-23(6-8-24)15-16-34/h5-14,17,21-22,28-29H,15,18-20H2,1-4H3,(H,38,39)(H2,35,36,40)/t28-,29-/m1/s1. The Hall–Kier alpha value is -4.31. The molecule has 0 aliphatic heterocycles. The number of rotatable bonds is 11. The number of carbonyl (C=O) groups is 2. The number of anilines is 3. The fourth-order valence-corrected chi connectivity index (χ4v) is 5.09. The van der Waals surface area contributed by atoms with E-state index in [0.717, 1.165) is 41.0 Å². The molecule has 1 aliphatic rings. The van der Waals surface area contributed by atoms with Gasteiger partial charge in [-0.3, -0.25) is 4.79 Å². The number of hydrogen-bond donors (Lipinski definition) is 3. The zero-order valence-corrected chi connectivity index (χ0v) is 23.6. The van der Waals surface area contributed by atoms with Gasteiger partial charge in [-0.05, 0) is 70.7 Å². The number of nitriles is 1. The number of urea groups is 1. The van der Waals surface area contributed by atoms with E-state index in [4.69, 9.17) is 5.26 Å². The molecule has 2 amide bonds. The molecule has 0 unspecified atom stereocenters. The van der Waals surface area contributed by atoms with Gasteiger partial charge < -0.3 is 20.6 Å². The topological polar surface area (TPSA) is 105 Å². The first-order valence-electron chi connectivity index (χ1n) is 13.9. The lowest BCUT2D eigenvalue weighted by atomic mass is 10.0. The van der Waals surface area contributed by atoms with Crippen molar-refractivity contribution in [1.29, 1.82) is 5.26 Å². The van der Waals surface area contributed by atoms with Crippen LogP contribution < -0.4 is 15.5 Å². The number of carboxylic acid groups (broad SMARTS) is 1. The Morgan fingerprint density at radius 3 is 2.05 bits per heavy atom. The van der Waals surface area contributed by atoms with Crippen molar-refractivity contribution in [2.75, 3.05) is 28.6 Å². The summed E-state index contributed by atoms with van der Waals surface area (Å²) in [6, 6.07) is 23.3. The number of hydrogen-bond acceptors (Lipinski definition) is 4. The van der Waals surface area contributed by atoms with Crippen LogP contribution in [0.4, 0.5) is 21.9 Å². The number of aliphatic carboxylic acids is 1. The molecule has 0 heterocycles. The minimum Gasteiger partial charge on any atom is -0.481 e. The van der Waals surface area contributed by atoms with Gasteiger partial charge in [-0.2, -0.15) is 5.26 Å². The van der Waals surface area contributed by atoms with Crippen LogP contribution in [0, 0.1) is 29.1 Å². The molecule has 0 aromatic heterocycles. The van der Waals surface area contributed by atoms with Gasteiger partial charge in [0.1, 0.15) is 0 Å². The molecule has 0 bridgehead atoms. The maximum absolute atomic E-state index is 13.2. The monoisotopic (exact) mass is 538 g/mol. The van der Waals surface area contributed by atoms with E-state index in [2.05, 4.69) is 49.3 Å². The Balaban J connectivity index is 1.52. The molecule has 40 heavy (non-hydrogen) atoms. The molecule has 4 rings (SSSR count). The van der Waals surface area contributed by atoms with Crippen LogP contribution in [0.1, 0.15) is 51.2 Å². The van der Waals surface area contributed by atoms with Gasteiger partial charge in [0.2, 0.25) is 0 Å². The third-order valence-corrected chi connectivity index (χ3v) is 7.03. The number of nitrogens with one attached hydrogen (secondary N) is 2. The second kappa shape index (κ2) is 12.7. The lowest BCUT2D eigenvalue weighted by Crippen LogP contribution is -2.32. The minimum atomic E-state index is -0.774. The van der Waals surface area contributed by atoms with Crippen molar-refractivity contribution in [2.24, 2.45) is 17.8 Å². The lowest BCUT2D eigenvalue weighted by Gasteiger charge is -2.30. The van der Waals surface area contributed by atoms with E-state index in [0.29, 0.717) is 36.1 Å². The van der Waals surface area contributed by atoms with Gasteiger partial charge in [-0.1, -0.05) is 70.2 Å². The van der Waals surface area contributed by atoms with Crippen molar-refractivity contribution in [1.82, 2.24) is 0 Å². The molecule has 1 aliphatic carbocycles. The molecule has 3 N–H and O–H groups in total. The van der Waals surface area contributed by atoms with E-state index in [1.807, 2.05) is 66.7 Å². The lowest BCUT2D eigenvalue weighted by molar-refractivity contribution is -0.138. The molecule has 0 spiro atoms. The van der Waals surface area contributed by atoms with Crippen molar-refractivity contribution in [3.8, 4) is 17.2 Å². The molecule has 0 saturated heterocycles. The summed E-state index contributed by atoms with van der Waals surface area (Å²) in [4.78, 5) is 26.9. The largest absolute Gasteiger partial charge is 0.481 e. The van der Waals surface area contributed by atoms with Gasteiger partial charge in [-0.25, -0.2) is 4.79 Å². The van der Waals surface area contributed by atoms with Crippen LogP contribution >= 0.6 is 0 Å². The van der Waals surface area contributed by atoms with Crippen LogP contribution in [0.25, 0.3) is 11.1 Å². The van der Waals surface area contributed by atoms with Gasteiger partial charge in [0.25, 0.3) is 0 Å². The van der Waals surface area contributed by atoms with Crippen LogP contribution in [0.5, 0.6) is 0 Å². The maximum atomic E-state index is 13.2. The van der Waals surface area contributed by atoms with Crippen molar-refractivity contribution < 1.29 is 14.7 Å². The highest BCUT2D eigenvalue weighted by atomic mass is 16.4. The highest BCUT2D eigenvalue weighted by molar-refractivity contribution is 6.02. The smallest absolute Gasteiger partial charge is 0.323 e. The van der Waals surface area contributed by atoms with Gasteiger partial charge in [0, 0.05) is 18.8 Å². The summed E-state index contributed by atoms with van der Waals surface area (Å²) in [5.74, 6) is -0.303. The molecule has 7 nitrogen and oxygen atoms in total. The molecule has 3 aromatic rings. The summed E-state index contributed by atoms with van der Waals surface area (Å²) in [5.41, 5.74) is 6.24. The Morgan fingerprint density at radius 2 is 1.52 bits per heavy atom. The Kier molecular flexibility index (Phi) is 9.11. The summed E-state index contributed by atoms with van der Waals surface area (Å²) in [6.07, 6.45) is 1.01. The first kappa shape index (κ1) is 28.7. The van der Waals surface area contributed by atoms with Crippen molar-refractivity contribution in [3.05, 3.63) is 77.9 Å². The minimum absolute atomic E-state index is 0.0275. The van der Waals surface area contributed by atoms with Crippen LogP contribution in [0.15, 0.2) is 66.7 Å². The Morgan fingerprint density at radius 1 is 0.925 bits per heavy atom. The Bertz CT molecular complexity index is 1360. The second-order valence-electron chi connectivity index (χ2n) is 11.4. The maximum Gasteiger partial charge on any atom is 0.323 e. The van der Waals surface area contributed by atoms with Crippen molar-refractivity contribution in [2.45, 2.75) is 46.5 Å². The average molecular weight is 539 g/mol. The molecular formula is C33H38N4O3. The van der Waals surface area contributed by atoms with Crippen LogP contribution in [-0.4, -0.2) is 30.2 Å². The first-order chi connectivity index (χ1) is 19.1. The molecule has 208 valence electrons. The van der Waals surface area contributed by atoms with E-state index >= 15 is 0 Å². The van der Waals surface area contributed by atoms with Gasteiger partial charge in [-0.15, -0.1) is 0 Å². The summed E-state index contributed by atoms with van der Waals surface area (Å²) >= 11 is 0.